The molecule has 0 unspecified atom stereocenters. The summed E-state index contributed by atoms with van der Waals surface area (Å²) in [6.07, 6.45) is -1.78. The number of para-hydroxylation sites is 1. The van der Waals surface area contributed by atoms with E-state index in [4.69, 9.17) is 9.90 Å². The van der Waals surface area contributed by atoms with Crippen molar-refractivity contribution < 1.29 is 27.9 Å². The number of fused-ring (bicyclic) bond motifs is 1. The number of hydrogen-bond donors (Lipinski definition) is 3. The second-order valence-corrected chi connectivity index (χ2v) is 6.76. The Kier molecular flexibility index (Phi) is 7.09. The van der Waals surface area contributed by atoms with Gasteiger partial charge < -0.3 is 20.6 Å². The number of aromatic nitrogens is 3. The average molecular weight is 461 g/mol. The van der Waals surface area contributed by atoms with Crippen LogP contribution in [0.25, 0.3) is 5.65 Å². The Morgan fingerprint density at radius 2 is 1.85 bits per heavy atom. The number of carbonyl (C=O) groups excluding carboxylic acids is 1. The summed E-state index contributed by atoms with van der Waals surface area (Å²) in [5.74, 6) is -2.27. The quantitative estimate of drug-likeness (QED) is 0.538. The first kappa shape index (κ1) is 23.5. The first-order valence-corrected chi connectivity index (χ1v) is 9.61. The van der Waals surface area contributed by atoms with E-state index >= 15 is 0 Å². The van der Waals surface area contributed by atoms with E-state index in [2.05, 4.69) is 31.7 Å². The van der Waals surface area contributed by atoms with Crippen LogP contribution in [0, 0.1) is 11.3 Å². The van der Waals surface area contributed by atoms with E-state index in [0.29, 0.717) is 22.5 Å². The molecule has 0 aliphatic carbocycles. The third-order valence-corrected chi connectivity index (χ3v) is 4.58. The molecule has 1 saturated heterocycles. The van der Waals surface area contributed by atoms with Gasteiger partial charge in [-0.1, -0.05) is 12.1 Å². The summed E-state index contributed by atoms with van der Waals surface area (Å²) >= 11 is 0. The van der Waals surface area contributed by atoms with Crippen molar-refractivity contribution in [3.05, 3.63) is 53.9 Å². The number of amides is 1. The van der Waals surface area contributed by atoms with Gasteiger partial charge in [0, 0.05) is 32.4 Å². The molecule has 2 aromatic heterocycles. The summed E-state index contributed by atoms with van der Waals surface area (Å²) in [5, 5.41) is 26.6. The molecule has 1 amide bonds. The molecule has 4 rings (SSSR count). The number of aliphatic carboxylic acids is 1. The van der Waals surface area contributed by atoms with Gasteiger partial charge in [0.05, 0.1) is 17.4 Å². The van der Waals surface area contributed by atoms with Crippen molar-refractivity contribution in [3.8, 4) is 6.07 Å². The number of carbonyl (C=O) groups is 2. The number of nitrogens with one attached hydrogen (secondary N) is 2. The molecule has 33 heavy (non-hydrogen) atoms. The molecule has 172 valence electrons. The molecule has 10 nitrogen and oxygen atoms in total. The van der Waals surface area contributed by atoms with Crippen molar-refractivity contribution in [2.45, 2.75) is 6.18 Å². The minimum atomic E-state index is -5.08. The Balaban J connectivity index is 0.000000383. The van der Waals surface area contributed by atoms with E-state index in [1.807, 2.05) is 6.07 Å². The van der Waals surface area contributed by atoms with Crippen molar-refractivity contribution in [1.82, 2.24) is 19.9 Å². The minimum absolute atomic E-state index is 0.340. The fourth-order valence-electron chi connectivity index (χ4n) is 2.97. The summed E-state index contributed by atoms with van der Waals surface area (Å²) in [4.78, 5) is 28.4. The average Bonchev–Trinajstić information content (AvgIpc) is 3.23. The summed E-state index contributed by atoms with van der Waals surface area (Å²) in [5.41, 5.74) is 1.74. The first-order chi connectivity index (χ1) is 15.7. The number of benzene rings is 1. The lowest BCUT2D eigenvalue weighted by molar-refractivity contribution is -0.192. The third kappa shape index (κ3) is 5.74. The standard InChI is InChI=1S/C18H17N7O.C2HF3O2/c19-11-13-3-1-2-4-15(13)22-18(26)14-12-21-25-8-5-16(23-17(14)25)24-9-6-20-7-10-24;3-2(4,5)1(6)7/h1-5,8,12,20H,6-7,9-10H2,(H,22,26);(H,6,7). The van der Waals surface area contributed by atoms with Crippen LogP contribution in [0.15, 0.2) is 42.7 Å². The molecule has 3 heterocycles. The van der Waals surface area contributed by atoms with Crippen molar-refractivity contribution >= 4 is 29.0 Å². The van der Waals surface area contributed by atoms with E-state index in [1.165, 1.54) is 6.20 Å². The van der Waals surface area contributed by atoms with Gasteiger partial charge in [-0.3, -0.25) is 4.79 Å². The molecule has 0 saturated carbocycles. The predicted molar refractivity (Wildman–Crippen MR) is 111 cm³/mol. The lowest BCUT2D eigenvalue weighted by Gasteiger charge is -2.28. The number of anilines is 2. The molecule has 0 atom stereocenters. The Labute approximate surface area is 185 Å². The van der Waals surface area contributed by atoms with Gasteiger partial charge in [-0.25, -0.2) is 14.3 Å². The lowest BCUT2D eigenvalue weighted by atomic mass is 10.2. The number of piperazine rings is 1. The van der Waals surface area contributed by atoms with Crippen LogP contribution in [0.1, 0.15) is 15.9 Å². The Hall–Kier alpha value is -4.18. The lowest BCUT2D eigenvalue weighted by Crippen LogP contribution is -2.43. The maximum Gasteiger partial charge on any atom is 0.490 e. The zero-order valence-electron chi connectivity index (χ0n) is 17.0. The fraction of sp³-hybridized carbons (Fsp3) is 0.250. The largest absolute Gasteiger partial charge is 0.490 e. The van der Waals surface area contributed by atoms with Crippen LogP contribution in [0.3, 0.4) is 0 Å². The second-order valence-electron chi connectivity index (χ2n) is 6.76. The highest BCUT2D eigenvalue weighted by Crippen LogP contribution is 2.19. The van der Waals surface area contributed by atoms with Crippen LogP contribution in [-0.4, -0.2) is 63.9 Å². The Morgan fingerprint density at radius 3 is 2.48 bits per heavy atom. The number of carboxylic acid groups (broad SMARTS) is 1. The van der Waals surface area contributed by atoms with Gasteiger partial charge >= 0.3 is 12.1 Å². The van der Waals surface area contributed by atoms with Gasteiger partial charge in [0.1, 0.15) is 17.5 Å². The topological polar surface area (TPSA) is 136 Å². The summed E-state index contributed by atoms with van der Waals surface area (Å²) in [6, 6.07) is 10.9. The van der Waals surface area contributed by atoms with Crippen LogP contribution in [0.4, 0.5) is 24.7 Å². The van der Waals surface area contributed by atoms with Crippen LogP contribution < -0.4 is 15.5 Å². The molecule has 1 aromatic carbocycles. The molecular formula is C20H18F3N7O3. The number of hydrogen-bond acceptors (Lipinski definition) is 7. The van der Waals surface area contributed by atoms with Crippen molar-refractivity contribution in [2.75, 3.05) is 36.4 Å². The van der Waals surface area contributed by atoms with Crippen LogP contribution in [0.5, 0.6) is 0 Å². The van der Waals surface area contributed by atoms with E-state index in [9.17, 15) is 23.2 Å². The normalized spacial score (nSPS) is 13.6. The molecule has 1 aliphatic rings. The predicted octanol–water partition coefficient (Wildman–Crippen LogP) is 1.90. The number of halogens is 3. The molecule has 1 aliphatic heterocycles. The van der Waals surface area contributed by atoms with E-state index in [-0.39, 0.29) is 5.91 Å². The summed E-state index contributed by atoms with van der Waals surface area (Å²) in [7, 11) is 0. The smallest absolute Gasteiger partial charge is 0.475 e. The number of nitriles is 1. The highest BCUT2D eigenvalue weighted by molar-refractivity contribution is 6.08. The SMILES string of the molecule is N#Cc1ccccc1NC(=O)c1cnn2ccc(N3CCNCC3)nc12.O=C(O)C(F)(F)F. The van der Waals surface area contributed by atoms with Gasteiger partial charge in [0.25, 0.3) is 5.91 Å². The molecular weight excluding hydrogens is 443 g/mol. The molecule has 13 heteroatoms. The second kappa shape index (κ2) is 9.96. The Bertz CT molecular complexity index is 1200. The van der Waals surface area contributed by atoms with E-state index in [1.54, 1.807) is 35.0 Å². The van der Waals surface area contributed by atoms with Crippen LogP contribution in [0.2, 0.25) is 0 Å². The fourth-order valence-corrected chi connectivity index (χ4v) is 2.97. The Morgan fingerprint density at radius 1 is 1.18 bits per heavy atom. The third-order valence-electron chi connectivity index (χ3n) is 4.58. The first-order valence-electron chi connectivity index (χ1n) is 9.61. The van der Waals surface area contributed by atoms with E-state index in [0.717, 1.165) is 32.0 Å². The maximum atomic E-state index is 12.7. The number of alkyl halides is 3. The molecule has 3 aromatic rings. The highest BCUT2D eigenvalue weighted by Gasteiger charge is 2.38. The van der Waals surface area contributed by atoms with Crippen molar-refractivity contribution in [2.24, 2.45) is 0 Å². The van der Waals surface area contributed by atoms with Crippen molar-refractivity contribution in [1.29, 1.82) is 5.26 Å². The molecule has 0 radical (unpaired) electrons. The van der Waals surface area contributed by atoms with Gasteiger partial charge in [-0.15, -0.1) is 0 Å². The van der Waals surface area contributed by atoms with Crippen LogP contribution in [-0.2, 0) is 4.79 Å². The van der Waals surface area contributed by atoms with Crippen LogP contribution >= 0.6 is 0 Å². The van der Waals surface area contributed by atoms with Gasteiger partial charge in [-0.05, 0) is 18.2 Å². The highest BCUT2D eigenvalue weighted by atomic mass is 19.4. The summed E-state index contributed by atoms with van der Waals surface area (Å²) < 4.78 is 33.3. The van der Waals surface area contributed by atoms with Gasteiger partial charge in [0.2, 0.25) is 0 Å². The van der Waals surface area contributed by atoms with Crippen molar-refractivity contribution in [3.63, 3.8) is 0 Å². The maximum absolute atomic E-state index is 12.7. The van der Waals surface area contributed by atoms with E-state index < -0.39 is 12.1 Å². The molecule has 0 bridgehead atoms. The monoisotopic (exact) mass is 461 g/mol. The number of rotatable bonds is 3. The van der Waals surface area contributed by atoms with Gasteiger partial charge in [0.15, 0.2) is 5.65 Å². The van der Waals surface area contributed by atoms with Gasteiger partial charge in [-0.2, -0.15) is 23.5 Å². The molecule has 0 spiro atoms. The summed E-state index contributed by atoms with van der Waals surface area (Å²) in [6.45, 7) is 3.55. The number of carboxylic acids is 1. The number of nitrogens with zero attached hydrogens (tertiary/aromatic N) is 5. The molecule has 1 fully saturated rings. The molecule has 3 N–H and O–H groups in total. The minimum Gasteiger partial charge on any atom is -0.475 e. The zero-order chi connectivity index (χ0) is 24.0. The zero-order valence-corrected chi connectivity index (χ0v) is 17.0.